The van der Waals surface area contributed by atoms with E-state index in [0.29, 0.717) is 11.1 Å². The monoisotopic (exact) mass is 379 g/mol. The molecule has 0 bridgehead atoms. The number of carbonyl (C=O) groups excluding carboxylic acids is 1. The molecular weight excluding hydrogens is 360 g/mol. The molecule has 6 nitrogen and oxygen atoms in total. The van der Waals surface area contributed by atoms with Gasteiger partial charge in [-0.2, -0.15) is 8.78 Å². The fourth-order valence-electron chi connectivity index (χ4n) is 2.50. The summed E-state index contributed by atoms with van der Waals surface area (Å²) in [5, 5.41) is 11.7. The molecule has 8 heteroatoms. The summed E-state index contributed by atoms with van der Waals surface area (Å²) in [6, 6.07) is 10.8. The van der Waals surface area contributed by atoms with Crippen LogP contribution in [0.4, 0.5) is 8.78 Å². The van der Waals surface area contributed by atoms with Gasteiger partial charge in [-0.15, -0.1) is 0 Å². The van der Waals surface area contributed by atoms with E-state index in [2.05, 4.69) is 10.1 Å². The molecule has 2 rings (SSSR count). The molecule has 0 saturated heterocycles. The third kappa shape index (κ3) is 5.67. The second-order valence-electron chi connectivity index (χ2n) is 5.47. The summed E-state index contributed by atoms with van der Waals surface area (Å²) in [5.41, 5.74) is 0.712. The molecule has 144 valence electrons. The Kier molecular flexibility index (Phi) is 7.10. The van der Waals surface area contributed by atoms with E-state index in [4.69, 9.17) is 9.84 Å². The fraction of sp³-hybridized carbons (Fsp3) is 0.263. The van der Waals surface area contributed by atoms with Crippen LogP contribution in [0, 0.1) is 0 Å². The van der Waals surface area contributed by atoms with Gasteiger partial charge in [0.25, 0.3) is 0 Å². The van der Waals surface area contributed by atoms with Crippen LogP contribution in [0.3, 0.4) is 0 Å². The van der Waals surface area contributed by atoms with E-state index in [9.17, 15) is 18.4 Å². The second-order valence-corrected chi connectivity index (χ2v) is 5.47. The minimum absolute atomic E-state index is 0.0349. The van der Waals surface area contributed by atoms with Gasteiger partial charge in [-0.3, -0.25) is 4.79 Å². The molecule has 0 aromatic heterocycles. The number of carboxylic acids is 1. The molecule has 2 aromatic carbocycles. The summed E-state index contributed by atoms with van der Waals surface area (Å²) in [4.78, 5) is 23.4. The van der Waals surface area contributed by atoms with Crippen LogP contribution in [0.25, 0.3) is 0 Å². The molecule has 0 fully saturated rings. The predicted molar refractivity (Wildman–Crippen MR) is 93.2 cm³/mol. The van der Waals surface area contributed by atoms with Crippen LogP contribution >= 0.6 is 0 Å². The standard InChI is InChI=1S/C19H19F2NO5/c1-2-26-15-9-5-7-13(17(15)27-19(20)21)11-22-16(23)10-12-6-3-4-8-14(12)18(24)25/h3-9,19H,2,10-11H2,1H3,(H,22,23)(H,24,25). The molecule has 0 heterocycles. The van der Waals surface area contributed by atoms with Crippen LogP contribution in [0.2, 0.25) is 0 Å². The largest absolute Gasteiger partial charge is 0.490 e. The van der Waals surface area contributed by atoms with Crippen LogP contribution in [0.15, 0.2) is 42.5 Å². The SMILES string of the molecule is CCOc1cccc(CNC(=O)Cc2ccccc2C(=O)O)c1OC(F)F. The minimum Gasteiger partial charge on any atom is -0.490 e. The number of carbonyl (C=O) groups is 2. The van der Waals surface area contributed by atoms with E-state index < -0.39 is 18.5 Å². The van der Waals surface area contributed by atoms with Crippen molar-refractivity contribution in [2.45, 2.75) is 26.5 Å². The summed E-state index contributed by atoms with van der Waals surface area (Å²) in [6.45, 7) is -1.14. The Morgan fingerprint density at radius 1 is 1.11 bits per heavy atom. The molecule has 2 N–H and O–H groups in total. The van der Waals surface area contributed by atoms with Gasteiger partial charge >= 0.3 is 12.6 Å². The molecule has 1 amide bonds. The zero-order valence-corrected chi connectivity index (χ0v) is 14.6. The Morgan fingerprint density at radius 2 is 1.81 bits per heavy atom. The highest BCUT2D eigenvalue weighted by Gasteiger charge is 2.17. The maximum absolute atomic E-state index is 12.7. The smallest absolute Gasteiger partial charge is 0.387 e. The van der Waals surface area contributed by atoms with Crippen molar-refractivity contribution >= 4 is 11.9 Å². The van der Waals surface area contributed by atoms with Crippen molar-refractivity contribution in [3.63, 3.8) is 0 Å². The van der Waals surface area contributed by atoms with E-state index in [-0.39, 0.29) is 36.6 Å². The van der Waals surface area contributed by atoms with Gasteiger partial charge in [0.15, 0.2) is 11.5 Å². The van der Waals surface area contributed by atoms with Gasteiger partial charge < -0.3 is 19.9 Å². The number of para-hydroxylation sites is 1. The number of carboxylic acid groups (broad SMARTS) is 1. The summed E-state index contributed by atoms with van der Waals surface area (Å²) >= 11 is 0. The van der Waals surface area contributed by atoms with Gasteiger partial charge in [-0.25, -0.2) is 4.79 Å². The second kappa shape index (κ2) is 9.51. The number of benzene rings is 2. The quantitative estimate of drug-likeness (QED) is 0.699. The van der Waals surface area contributed by atoms with Gasteiger partial charge in [0.05, 0.1) is 18.6 Å². The molecule has 0 unspecified atom stereocenters. The Balaban J connectivity index is 2.11. The van der Waals surface area contributed by atoms with E-state index in [1.165, 1.54) is 18.2 Å². The number of halogens is 2. The fourth-order valence-corrected chi connectivity index (χ4v) is 2.50. The van der Waals surface area contributed by atoms with Gasteiger partial charge in [-0.1, -0.05) is 30.3 Å². The Morgan fingerprint density at radius 3 is 2.48 bits per heavy atom. The first-order chi connectivity index (χ1) is 12.9. The number of hydrogen-bond acceptors (Lipinski definition) is 4. The maximum Gasteiger partial charge on any atom is 0.387 e. The van der Waals surface area contributed by atoms with E-state index in [1.807, 2.05) is 0 Å². The van der Waals surface area contributed by atoms with E-state index >= 15 is 0 Å². The Labute approximate surface area is 154 Å². The van der Waals surface area contributed by atoms with Gasteiger partial charge in [0.1, 0.15) is 0 Å². The Bertz CT molecular complexity index is 810. The normalized spacial score (nSPS) is 10.5. The number of ether oxygens (including phenoxy) is 2. The highest BCUT2D eigenvalue weighted by molar-refractivity contribution is 5.91. The lowest BCUT2D eigenvalue weighted by Crippen LogP contribution is -2.25. The highest BCUT2D eigenvalue weighted by Crippen LogP contribution is 2.32. The van der Waals surface area contributed by atoms with E-state index in [0.717, 1.165) is 0 Å². The zero-order valence-electron chi connectivity index (χ0n) is 14.6. The summed E-state index contributed by atoms with van der Waals surface area (Å²) < 4.78 is 35.2. The highest BCUT2D eigenvalue weighted by atomic mass is 19.3. The van der Waals surface area contributed by atoms with Crippen molar-refractivity contribution in [1.82, 2.24) is 5.32 Å². The van der Waals surface area contributed by atoms with Crippen molar-refractivity contribution < 1.29 is 33.0 Å². The molecular formula is C19H19F2NO5. The maximum atomic E-state index is 12.7. The third-order valence-corrected chi connectivity index (χ3v) is 3.64. The lowest BCUT2D eigenvalue weighted by Gasteiger charge is -2.16. The third-order valence-electron chi connectivity index (χ3n) is 3.64. The average Bonchev–Trinajstić information content (AvgIpc) is 2.62. The number of hydrogen-bond donors (Lipinski definition) is 2. The molecule has 0 aliphatic rings. The Hall–Kier alpha value is -3.16. The molecule has 27 heavy (non-hydrogen) atoms. The molecule has 0 saturated carbocycles. The molecule has 0 spiro atoms. The number of aromatic carboxylic acids is 1. The first-order valence-electron chi connectivity index (χ1n) is 8.19. The number of alkyl halides is 2. The zero-order chi connectivity index (χ0) is 19.8. The van der Waals surface area contributed by atoms with Crippen LogP contribution in [0.1, 0.15) is 28.4 Å². The van der Waals surface area contributed by atoms with Crippen molar-refractivity contribution in [1.29, 1.82) is 0 Å². The van der Waals surface area contributed by atoms with Crippen molar-refractivity contribution in [2.24, 2.45) is 0 Å². The van der Waals surface area contributed by atoms with Crippen LogP contribution in [-0.2, 0) is 17.8 Å². The van der Waals surface area contributed by atoms with Crippen molar-refractivity contribution in [3.8, 4) is 11.5 Å². The van der Waals surface area contributed by atoms with Crippen LogP contribution < -0.4 is 14.8 Å². The first kappa shape index (κ1) is 20.2. The number of amides is 1. The minimum atomic E-state index is -3.04. The van der Waals surface area contributed by atoms with Crippen LogP contribution in [0.5, 0.6) is 11.5 Å². The number of nitrogens with one attached hydrogen (secondary N) is 1. The van der Waals surface area contributed by atoms with Crippen LogP contribution in [-0.4, -0.2) is 30.2 Å². The lowest BCUT2D eigenvalue weighted by molar-refractivity contribution is -0.120. The summed E-state index contributed by atoms with van der Waals surface area (Å²) in [5.74, 6) is -1.56. The number of rotatable bonds is 9. The topological polar surface area (TPSA) is 84.9 Å². The molecule has 0 aliphatic heterocycles. The first-order valence-corrected chi connectivity index (χ1v) is 8.19. The van der Waals surface area contributed by atoms with E-state index in [1.54, 1.807) is 31.2 Å². The van der Waals surface area contributed by atoms with Crippen molar-refractivity contribution in [2.75, 3.05) is 6.61 Å². The molecule has 0 aliphatic carbocycles. The summed E-state index contributed by atoms with van der Waals surface area (Å²) in [6.07, 6.45) is -0.154. The van der Waals surface area contributed by atoms with Gasteiger partial charge in [0, 0.05) is 12.1 Å². The molecule has 2 aromatic rings. The lowest BCUT2D eigenvalue weighted by atomic mass is 10.0. The van der Waals surface area contributed by atoms with Gasteiger partial charge in [-0.05, 0) is 24.6 Å². The molecule has 0 radical (unpaired) electrons. The van der Waals surface area contributed by atoms with Gasteiger partial charge in [0.2, 0.25) is 5.91 Å². The van der Waals surface area contributed by atoms with Crippen molar-refractivity contribution in [3.05, 3.63) is 59.2 Å². The average molecular weight is 379 g/mol. The summed E-state index contributed by atoms with van der Waals surface area (Å²) in [7, 11) is 0. The molecule has 0 atom stereocenters. The predicted octanol–water partition coefficient (Wildman–Crippen LogP) is 3.24.